The Morgan fingerprint density at radius 2 is 2.11 bits per heavy atom. The average Bonchev–Trinajstić information content (AvgIpc) is 2.27. The molecule has 0 spiro atoms. The summed E-state index contributed by atoms with van der Waals surface area (Å²) in [6, 6.07) is 4.34. The lowest BCUT2D eigenvalue weighted by atomic mass is 10.2. The fourth-order valence-corrected chi connectivity index (χ4v) is 1.67. The van der Waals surface area contributed by atoms with Crippen LogP contribution in [0.5, 0.6) is 0 Å². The van der Waals surface area contributed by atoms with Crippen molar-refractivity contribution in [2.45, 2.75) is 0 Å². The Bertz CT molecular complexity index is 616. The first-order chi connectivity index (χ1) is 8.47. The minimum absolute atomic E-state index is 0.0183. The number of fused-ring (bicyclic) bond motifs is 1. The molecule has 1 heterocycles. The van der Waals surface area contributed by atoms with E-state index in [4.69, 9.17) is 11.6 Å². The number of aromatic nitrogens is 2. The molecule has 0 amide bonds. The topological polar surface area (TPSA) is 84.2 Å². The molecule has 2 rings (SSSR count). The number of rotatable bonds is 3. The summed E-state index contributed by atoms with van der Waals surface area (Å²) in [5, 5.41) is 13.0. The molecule has 0 fully saturated rings. The highest BCUT2D eigenvalue weighted by Crippen LogP contribution is 2.26. The smallest absolute Gasteiger partial charge is 0.270 e. The van der Waals surface area contributed by atoms with E-state index < -0.39 is 4.92 Å². The zero-order chi connectivity index (χ0) is 13.3. The van der Waals surface area contributed by atoms with Crippen LogP contribution in [-0.4, -0.2) is 34.0 Å². The molecule has 8 heteroatoms. The Balaban J connectivity index is 2.65. The summed E-state index contributed by atoms with van der Waals surface area (Å²) in [5.41, 5.74) is 3.46. The van der Waals surface area contributed by atoms with Gasteiger partial charge in [0.05, 0.1) is 15.8 Å². The SMILES string of the molecule is CN(C)Nc1nc(Cl)nc2ccc([N+](=O)[O-])cc12. The van der Waals surface area contributed by atoms with Crippen molar-refractivity contribution in [3.05, 3.63) is 33.6 Å². The number of non-ortho nitro benzene ring substituents is 1. The summed E-state index contributed by atoms with van der Waals surface area (Å²) >= 11 is 5.79. The molecule has 0 radical (unpaired) electrons. The van der Waals surface area contributed by atoms with Crippen molar-refractivity contribution in [3.8, 4) is 0 Å². The first-order valence-corrected chi connectivity index (χ1v) is 5.41. The van der Waals surface area contributed by atoms with E-state index >= 15 is 0 Å². The number of anilines is 1. The third kappa shape index (κ3) is 2.47. The van der Waals surface area contributed by atoms with Gasteiger partial charge in [-0.15, -0.1) is 0 Å². The van der Waals surface area contributed by atoms with Crippen molar-refractivity contribution in [1.82, 2.24) is 15.0 Å². The lowest BCUT2D eigenvalue weighted by molar-refractivity contribution is -0.384. The minimum atomic E-state index is -0.465. The average molecular weight is 268 g/mol. The Morgan fingerprint density at radius 3 is 2.72 bits per heavy atom. The lowest BCUT2D eigenvalue weighted by Crippen LogP contribution is -2.20. The molecule has 94 valence electrons. The van der Waals surface area contributed by atoms with Gasteiger partial charge in [0.25, 0.3) is 5.69 Å². The molecule has 0 aliphatic heterocycles. The van der Waals surface area contributed by atoms with Crippen LogP contribution in [0.2, 0.25) is 5.28 Å². The van der Waals surface area contributed by atoms with Crippen molar-refractivity contribution < 1.29 is 4.92 Å². The van der Waals surface area contributed by atoms with Gasteiger partial charge in [-0.05, 0) is 17.7 Å². The van der Waals surface area contributed by atoms with Crippen LogP contribution >= 0.6 is 11.6 Å². The Morgan fingerprint density at radius 1 is 1.39 bits per heavy atom. The third-order valence-corrected chi connectivity index (χ3v) is 2.36. The van der Waals surface area contributed by atoms with Gasteiger partial charge in [-0.1, -0.05) is 0 Å². The first-order valence-electron chi connectivity index (χ1n) is 5.03. The fraction of sp³-hybridized carbons (Fsp3) is 0.200. The summed E-state index contributed by atoms with van der Waals surface area (Å²) in [6.45, 7) is 0. The van der Waals surface area contributed by atoms with E-state index in [1.54, 1.807) is 25.2 Å². The number of nitrogens with one attached hydrogen (secondary N) is 1. The summed E-state index contributed by atoms with van der Waals surface area (Å²) in [4.78, 5) is 18.3. The predicted molar refractivity (Wildman–Crippen MR) is 68.5 cm³/mol. The highest BCUT2D eigenvalue weighted by atomic mass is 35.5. The van der Waals surface area contributed by atoms with Gasteiger partial charge in [0.15, 0.2) is 5.82 Å². The van der Waals surface area contributed by atoms with E-state index in [1.165, 1.54) is 12.1 Å². The van der Waals surface area contributed by atoms with Gasteiger partial charge in [0, 0.05) is 26.2 Å². The molecule has 1 aromatic heterocycles. The summed E-state index contributed by atoms with van der Waals surface area (Å²) in [7, 11) is 3.55. The molecule has 0 bridgehead atoms. The second-order valence-electron chi connectivity index (χ2n) is 3.81. The molecule has 7 nitrogen and oxygen atoms in total. The molecule has 1 N–H and O–H groups in total. The van der Waals surface area contributed by atoms with Gasteiger partial charge in [-0.25, -0.2) is 9.99 Å². The van der Waals surface area contributed by atoms with Crippen LogP contribution in [0.3, 0.4) is 0 Å². The van der Waals surface area contributed by atoms with Gasteiger partial charge in [-0.3, -0.25) is 10.1 Å². The molecule has 0 atom stereocenters. The van der Waals surface area contributed by atoms with Crippen LogP contribution < -0.4 is 5.43 Å². The maximum Gasteiger partial charge on any atom is 0.270 e. The molecule has 0 aliphatic rings. The molecule has 18 heavy (non-hydrogen) atoms. The number of nitro benzene ring substituents is 1. The van der Waals surface area contributed by atoms with E-state index in [1.807, 2.05) is 0 Å². The van der Waals surface area contributed by atoms with Crippen molar-refractivity contribution in [2.24, 2.45) is 0 Å². The highest BCUT2D eigenvalue weighted by Gasteiger charge is 2.12. The lowest BCUT2D eigenvalue weighted by Gasteiger charge is -2.14. The number of hydrogen-bond donors (Lipinski definition) is 1. The molecular weight excluding hydrogens is 258 g/mol. The Labute approximate surface area is 108 Å². The van der Waals surface area contributed by atoms with Crippen LogP contribution in [0.25, 0.3) is 10.9 Å². The minimum Gasteiger partial charge on any atom is -0.303 e. The van der Waals surface area contributed by atoms with Gasteiger partial charge in [0.1, 0.15) is 0 Å². The number of halogens is 1. The number of hydrazine groups is 1. The number of nitrogens with zero attached hydrogens (tertiary/aromatic N) is 4. The van der Waals surface area contributed by atoms with Gasteiger partial charge in [-0.2, -0.15) is 4.98 Å². The van der Waals surface area contributed by atoms with Crippen LogP contribution in [0.4, 0.5) is 11.5 Å². The van der Waals surface area contributed by atoms with Gasteiger partial charge < -0.3 is 5.43 Å². The van der Waals surface area contributed by atoms with Crippen LogP contribution in [0, 0.1) is 10.1 Å². The second-order valence-corrected chi connectivity index (χ2v) is 4.14. The molecule has 0 saturated carbocycles. The quantitative estimate of drug-likeness (QED) is 0.521. The maximum atomic E-state index is 10.8. The van der Waals surface area contributed by atoms with Gasteiger partial charge in [0.2, 0.25) is 5.28 Å². The van der Waals surface area contributed by atoms with Crippen molar-refractivity contribution in [3.63, 3.8) is 0 Å². The van der Waals surface area contributed by atoms with E-state index in [9.17, 15) is 10.1 Å². The maximum absolute atomic E-state index is 10.8. The monoisotopic (exact) mass is 267 g/mol. The normalized spacial score (nSPS) is 10.9. The summed E-state index contributed by atoms with van der Waals surface area (Å²) in [6.07, 6.45) is 0. The summed E-state index contributed by atoms with van der Waals surface area (Å²) < 4.78 is 0. The van der Waals surface area contributed by atoms with Crippen molar-refractivity contribution in [1.29, 1.82) is 0 Å². The third-order valence-electron chi connectivity index (χ3n) is 2.19. The number of hydrogen-bond acceptors (Lipinski definition) is 6. The Kier molecular flexibility index (Phi) is 3.26. The summed E-state index contributed by atoms with van der Waals surface area (Å²) in [5.74, 6) is 0.429. The Hall–Kier alpha value is -1.99. The molecule has 0 aliphatic carbocycles. The predicted octanol–water partition coefficient (Wildman–Crippen LogP) is 2.08. The molecule has 2 aromatic rings. The molecule has 0 saturated heterocycles. The largest absolute Gasteiger partial charge is 0.303 e. The van der Waals surface area contributed by atoms with Crippen molar-refractivity contribution >= 4 is 34.0 Å². The standard InChI is InChI=1S/C10H10ClN5O2/c1-15(2)14-9-7-5-6(16(17)18)3-4-8(7)12-10(11)13-9/h3-5H,1-2H3,(H,12,13,14). The molecule has 1 aromatic carbocycles. The highest BCUT2D eigenvalue weighted by molar-refractivity contribution is 6.28. The number of benzene rings is 1. The molecule has 0 unspecified atom stereocenters. The van der Waals surface area contributed by atoms with Crippen LogP contribution in [0.1, 0.15) is 0 Å². The molecular formula is C10H10ClN5O2. The first kappa shape index (κ1) is 12.5. The van der Waals surface area contributed by atoms with E-state index in [0.29, 0.717) is 16.7 Å². The second kappa shape index (κ2) is 4.71. The number of nitro groups is 1. The van der Waals surface area contributed by atoms with Gasteiger partial charge >= 0.3 is 0 Å². The van der Waals surface area contributed by atoms with Crippen LogP contribution in [-0.2, 0) is 0 Å². The zero-order valence-corrected chi connectivity index (χ0v) is 10.5. The zero-order valence-electron chi connectivity index (χ0n) is 9.72. The van der Waals surface area contributed by atoms with Crippen LogP contribution in [0.15, 0.2) is 18.2 Å². The fourth-order valence-electron chi connectivity index (χ4n) is 1.50. The van der Waals surface area contributed by atoms with E-state index in [2.05, 4.69) is 15.4 Å². The van der Waals surface area contributed by atoms with E-state index in [-0.39, 0.29) is 11.0 Å². The van der Waals surface area contributed by atoms with Crippen molar-refractivity contribution in [2.75, 3.05) is 19.5 Å². The van der Waals surface area contributed by atoms with E-state index in [0.717, 1.165) is 0 Å².